The third-order valence-corrected chi connectivity index (χ3v) is 6.39. The van der Waals surface area contributed by atoms with Crippen LogP contribution in [0, 0.1) is 18.6 Å². The molecule has 0 atom stereocenters. The number of benzene rings is 2. The van der Waals surface area contributed by atoms with E-state index in [-0.39, 0.29) is 17.7 Å². The number of nitrogens with zero attached hydrogens (tertiary/aromatic N) is 4. The van der Waals surface area contributed by atoms with Crippen LogP contribution in [0.3, 0.4) is 0 Å². The molecule has 0 bridgehead atoms. The number of aromatic nitrogens is 4. The molecule has 40 heavy (non-hydrogen) atoms. The number of ketones is 1. The van der Waals surface area contributed by atoms with Gasteiger partial charge in [-0.15, -0.1) is 0 Å². The average Bonchev–Trinajstić information content (AvgIpc) is 3.64. The summed E-state index contributed by atoms with van der Waals surface area (Å²) in [4.78, 5) is 30.4. The molecule has 6 aromatic rings. The van der Waals surface area contributed by atoms with Crippen LogP contribution in [0.1, 0.15) is 21.6 Å². The predicted octanol–water partition coefficient (Wildman–Crippen LogP) is 5.94. The third kappa shape index (κ3) is 4.66. The van der Waals surface area contributed by atoms with Crippen molar-refractivity contribution in [3.8, 4) is 28.6 Å². The summed E-state index contributed by atoms with van der Waals surface area (Å²) in [7, 11) is 0. The Kier molecular flexibility index (Phi) is 6.27. The SMILES string of the molecule is Cc1ccc(C(=O)Cc2ccc(Oc3cc(-c4ncco4)cn4nccc34)c(F)c2)c(=O)n1-c1ccc(F)cc1. The van der Waals surface area contributed by atoms with Crippen LogP contribution >= 0.6 is 0 Å². The number of rotatable bonds is 7. The molecule has 0 fully saturated rings. The summed E-state index contributed by atoms with van der Waals surface area (Å²) in [5, 5.41) is 4.22. The Morgan fingerprint density at radius 1 is 0.975 bits per heavy atom. The maximum atomic E-state index is 15.2. The first-order chi connectivity index (χ1) is 19.4. The summed E-state index contributed by atoms with van der Waals surface area (Å²) in [6, 6.07) is 16.1. The van der Waals surface area contributed by atoms with Gasteiger partial charge in [-0.2, -0.15) is 5.10 Å². The zero-order valence-corrected chi connectivity index (χ0v) is 21.0. The van der Waals surface area contributed by atoms with Crippen molar-refractivity contribution in [2.75, 3.05) is 0 Å². The van der Waals surface area contributed by atoms with Crippen molar-refractivity contribution in [3.05, 3.63) is 130 Å². The molecule has 4 aromatic heterocycles. The highest BCUT2D eigenvalue weighted by molar-refractivity contribution is 5.97. The Balaban J connectivity index is 1.26. The van der Waals surface area contributed by atoms with E-state index in [0.717, 1.165) is 0 Å². The number of Topliss-reactive ketones (excluding diaryl/α,β-unsaturated/α-hetero) is 1. The minimum Gasteiger partial charge on any atom is -0.452 e. The van der Waals surface area contributed by atoms with Gasteiger partial charge in [-0.3, -0.25) is 14.2 Å². The fourth-order valence-electron chi connectivity index (χ4n) is 4.45. The second kappa shape index (κ2) is 10.1. The normalized spacial score (nSPS) is 11.2. The van der Waals surface area contributed by atoms with Crippen molar-refractivity contribution in [3.63, 3.8) is 0 Å². The highest BCUT2D eigenvalue weighted by atomic mass is 19.1. The predicted molar refractivity (Wildman–Crippen MR) is 142 cm³/mol. The van der Waals surface area contributed by atoms with Crippen LogP contribution in [0.4, 0.5) is 8.78 Å². The lowest BCUT2D eigenvalue weighted by molar-refractivity contribution is 0.0991. The van der Waals surface area contributed by atoms with Crippen LogP contribution < -0.4 is 10.3 Å². The van der Waals surface area contributed by atoms with Crippen LogP contribution in [-0.2, 0) is 6.42 Å². The molecule has 8 nitrogen and oxygen atoms in total. The van der Waals surface area contributed by atoms with Gasteiger partial charge in [-0.1, -0.05) is 6.07 Å². The van der Waals surface area contributed by atoms with Gasteiger partial charge < -0.3 is 9.15 Å². The molecule has 4 heterocycles. The molecule has 0 amide bonds. The summed E-state index contributed by atoms with van der Waals surface area (Å²) < 4.78 is 42.7. The number of hydrogen-bond donors (Lipinski definition) is 0. The van der Waals surface area contributed by atoms with Crippen molar-refractivity contribution in [2.24, 2.45) is 0 Å². The van der Waals surface area contributed by atoms with E-state index < -0.39 is 23.0 Å². The van der Waals surface area contributed by atoms with Crippen LogP contribution in [0.5, 0.6) is 11.5 Å². The van der Waals surface area contributed by atoms with E-state index in [1.807, 2.05) is 0 Å². The van der Waals surface area contributed by atoms with E-state index in [1.165, 1.54) is 59.5 Å². The molecular formula is C30H20F2N4O4. The molecule has 0 aliphatic carbocycles. The molecule has 2 aromatic carbocycles. The Morgan fingerprint density at radius 3 is 2.55 bits per heavy atom. The summed E-state index contributed by atoms with van der Waals surface area (Å²) >= 11 is 0. The minimum absolute atomic E-state index is 0.0536. The molecule has 0 saturated heterocycles. The van der Waals surface area contributed by atoms with Crippen LogP contribution in [0.15, 0.2) is 101 Å². The molecule has 10 heteroatoms. The van der Waals surface area contributed by atoms with Crippen molar-refractivity contribution in [2.45, 2.75) is 13.3 Å². The van der Waals surface area contributed by atoms with Crippen molar-refractivity contribution in [1.29, 1.82) is 0 Å². The van der Waals surface area contributed by atoms with Crippen LogP contribution in [0.25, 0.3) is 22.7 Å². The molecule has 6 rings (SSSR count). The molecule has 0 radical (unpaired) electrons. The Labute approximate surface area is 225 Å². The van der Waals surface area contributed by atoms with Crippen molar-refractivity contribution >= 4 is 11.3 Å². The van der Waals surface area contributed by atoms with Gasteiger partial charge in [0.15, 0.2) is 23.1 Å². The van der Waals surface area contributed by atoms with Crippen LogP contribution in [0.2, 0.25) is 0 Å². The number of hydrogen-bond acceptors (Lipinski definition) is 6. The van der Waals surface area contributed by atoms with E-state index in [9.17, 15) is 14.0 Å². The first-order valence-corrected chi connectivity index (χ1v) is 12.2. The highest BCUT2D eigenvalue weighted by Crippen LogP contribution is 2.32. The fraction of sp³-hybridized carbons (Fsp3) is 0.0667. The Morgan fingerprint density at radius 2 is 1.80 bits per heavy atom. The van der Waals surface area contributed by atoms with E-state index >= 15 is 4.39 Å². The molecule has 198 valence electrons. The van der Waals surface area contributed by atoms with Gasteiger partial charge in [0, 0.05) is 24.0 Å². The number of ether oxygens (including phenoxy) is 1. The Bertz CT molecular complexity index is 1930. The molecule has 0 N–H and O–H groups in total. The monoisotopic (exact) mass is 538 g/mol. The van der Waals surface area contributed by atoms with Gasteiger partial charge in [-0.05, 0) is 73.2 Å². The largest absolute Gasteiger partial charge is 0.452 e. The number of fused-ring (bicyclic) bond motifs is 1. The van der Waals surface area contributed by atoms with Crippen LogP contribution in [-0.4, -0.2) is 24.9 Å². The average molecular weight is 539 g/mol. The fourth-order valence-corrected chi connectivity index (χ4v) is 4.45. The number of halogens is 2. The van der Waals surface area contributed by atoms with E-state index in [1.54, 1.807) is 48.1 Å². The van der Waals surface area contributed by atoms with Gasteiger partial charge >= 0.3 is 0 Å². The molecule has 0 saturated carbocycles. The maximum Gasteiger partial charge on any atom is 0.266 e. The summed E-state index contributed by atoms with van der Waals surface area (Å²) in [6.07, 6.45) is 6.05. The van der Waals surface area contributed by atoms with Crippen molar-refractivity contribution < 1.29 is 22.7 Å². The third-order valence-electron chi connectivity index (χ3n) is 6.39. The number of carbonyl (C=O) groups is 1. The molecule has 0 aliphatic rings. The lowest BCUT2D eigenvalue weighted by atomic mass is 10.0. The number of carbonyl (C=O) groups excluding carboxylic acids is 1. The van der Waals surface area contributed by atoms with E-state index in [4.69, 9.17) is 9.15 Å². The van der Waals surface area contributed by atoms with Gasteiger partial charge in [-0.25, -0.2) is 18.3 Å². The summed E-state index contributed by atoms with van der Waals surface area (Å²) in [5.74, 6) is -0.973. The highest BCUT2D eigenvalue weighted by Gasteiger charge is 2.18. The molecular weight excluding hydrogens is 518 g/mol. The van der Waals surface area contributed by atoms with E-state index in [0.29, 0.717) is 39.7 Å². The topological polar surface area (TPSA) is 91.6 Å². The lowest BCUT2D eigenvalue weighted by Crippen LogP contribution is -2.27. The zero-order chi connectivity index (χ0) is 27.8. The van der Waals surface area contributed by atoms with E-state index in [2.05, 4.69) is 10.1 Å². The summed E-state index contributed by atoms with van der Waals surface area (Å²) in [6.45, 7) is 1.71. The lowest BCUT2D eigenvalue weighted by Gasteiger charge is -2.12. The first-order valence-electron chi connectivity index (χ1n) is 12.2. The molecule has 0 aliphatic heterocycles. The quantitative estimate of drug-likeness (QED) is 0.234. The second-order valence-electron chi connectivity index (χ2n) is 9.06. The van der Waals surface area contributed by atoms with Gasteiger partial charge in [0.2, 0.25) is 5.89 Å². The number of oxazole rings is 1. The zero-order valence-electron chi connectivity index (χ0n) is 21.0. The van der Waals surface area contributed by atoms with Crippen molar-refractivity contribution in [1.82, 2.24) is 19.2 Å². The molecule has 0 unspecified atom stereocenters. The van der Waals surface area contributed by atoms with Gasteiger partial charge in [0.25, 0.3) is 5.56 Å². The maximum absolute atomic E-state index is 15.2. The number of pyridine rings is 2. The first kappa shape index (κ1) is 24.9. The van der Waals surface area contributed by atoms with Gasteiger partial charge in [0.05, 0.1) is 23.5 Å². The number of aryl methyl sites for hydroxylation is 1. The molecule has 0 spiro atoms. The summed E-state index contributed by atoms with van der Waals surface area (Å²) in [5.41, 5.74) is 1.99. The van der Waals surface area contributed by atoms with Gasteiger partial charge in [0.1, 0.15) is 17.6 Å². The standard InChI is InChI=1S/C30H20F2N4O4/c1-18-2-8-23(30(38)36(18)22-6-4-21(31)5-7-22)26(37)15-19-3-9-27(24(32)14-19)40-28-16-20(29-33-12-13-39-29)17-35-25(28)10-11-34-35/h2-14,16-17H,15H2,1H3. The smallest absolute Gasteiger partial charge is 0.266 e. The minimum atomic E-state index is -0.683. The second-order valence-corrected chi connectivity index (χ2v) is 9.06. The Hall–Kier alpha value is -5.38.